The summed E-state index contributed by atoms with van der Waals surface area (Å²) in [6.45, 7) is 4.54. The molecule has 1 amide bonds. The van der Waals surface area contributed by atoms with Crippen molar-refractivity contribution in [2.45, 2.75) is 19.9 Å². The second kappa shape index (κ2) is 7.96. The van der Waals surface area contributed by atoms with Crippen molar-refractivity contribution >= 4 is 5.91 Å². The summed E-state index contributed by atoms with van der Waals surface area (Å²) in [5.41, 5.74) is 4.71. The van der Waals surface area contributed by atoms with E-state index in [4.69, 9.17) is 9.47 Å². The monoisotopic (exact) mass is 423 g/mol. The van der Waals surface area contributed by atoms with Crippen LogP contribution in [0.25, 0.3) is 11.3 Å². The van der Waals surface area contributed by atoms with Crippen LogP contribution in [0.5, 0.6) is 17.2 Å². The Morgan fingerprint density at radius 2 is 1.90 bits per heavy atom. The average molecular weight is 423 g/mol. The summed E-state index contributed by atoms with van der Waals surface area (Å²) >= 11 is 0. The van der Waals surface area contributed by atoms with Crippen LogP contribution in [-0.2, 0) is 4.74 Å². The van der Waals surface area contributed by atoms with E-state index in [0.717, 1.165) is 16.7 Å². The van der Waals surface area contributed by atoms with Crippen molar-refractivity contribution in [3.8, 4) is 28.5 Å². The van der Waals surface area contributed by atoms with Crippen LogP contribution < -0.4 is 4.74 Å². The van der Waals surface area contributed by atoms with Gasteiger partial charge in [0.25, 0.3) is 5.91 Å². The zero-order chi connectivity index (χ0) is 22.3. The molecule has 0 spiro atoms. The number of H-pyrrole nitrogens is 1. The molecule has 0 bridgehead atoms. The maximum atomic E-state index is 13.2. The molecule has 1 atom stereocenters. The highest BCUT2D eigenvalue weighted by atomic mass is 16.5. The van der Waals surface area contributed by atoms with Crippen molar-refractivity contribution < 1.29 is 24.5 Å². The SMILES string of the molecule is COCCN1C(=O)c2[nH]nc(-c3c(C)cc(C)cc3O)c2C1c1ccc(O)c(OC)c1. The molecule has 0 radical (unpaired) electrons. The number of aromatic nitrogens is 2. The van der Waals surface area contributed by atoms with E-state index in [9.17, 15) is 15.0 Å². The van der Waals surface area contributed by atoms with Gasteiger partial charge in [0.05, 0.1) is 19.8 Å². The van der Waals surface area contributed by atoms with E-state index in [1.54, 1.807) is 36.3 Å². The number of aromatic hydroxyl groups is 2. The molecule has 162 valence electrons. The van der Waals surface area contributed by atoms with Gasteiger partial charge in [-0.2, -0.15) is 5.10 Å². The summed E-state index contributed by atoms with van der Waals surface area (Å²) in [7, 11) is 3.06. The van der Waals surface area contributed by atoms with E-state index >= 15 is 0 Å². The van der Waals surface area contributed by atoms with Crippen LogP contribution >= 0.6 is 0 Å². The fourth-order valence-electron chi connectivity index (χ4n) is 4.27. The van der Waals surface area contributed by atoms with Crippen LogP contribution in [0.15, 0.2) is 30.3 Å². The Morgan fingerprint density at radius 3 is 2.58 bits per heavy atom. The van der Waals surface area contributed by atoms with E-state index < -0.39 is 6.04 Å². The van der Waals surface area contributed by atoms with Crippen LogP contribution in [0, 0.1) is 13.8 Å². The highest BCUT2D eigenvalue weighted by Crippen LogP contribution is 2.46. The number of fused-ring (bicyclic) bond motifs is 1. The van der Waals surface area contributed by atoms with Crippen molar-refractivity contribution in [3.63, 3.8) is 0 Å². The predicted molar refractivity (Wildman–Crippen MR) is 115 cm³/mol. The molecule has 31 heavy (non-hydrogen) atoms. The maximum Gasteiger partial charge on any atom is 0.273 e. The lowest BCUT2D eigenvalue weighted by Crippen LogP contribution is -2.32. The Balaban J connectivity index is 1.93. The number of rotatable bonds is 6. The van der Waals surface area contributed by atoms with Gasteiger partial charge in [0.15, 0.2) is 11.5 Å². The lowest BCUT2D eigenvalue weighted by Gasteiger charge is -2.26. The van der Waals surface area contributed by atoms with Gasteiger partial charge >= 0.3 is 0 Å². The van der Waals surface area contributed by atoms with Gasteiger partial charge in [-0.3, -0.25) is 9.89 Å². The number of nitrogens with zero attached hydrogens (tertiary/aromatic N) is 2. The predicted octanol–water partition coefficient (Wildman–Crippen LogP) is 3.30. The van der Waals surface area contributed by atoms with Crippen LogP contribution in [-0.4, -0.2) is 58.6 Å². The standard InChI is InChI=1S/C23H25N3O5/c1-12-9-13(2)18(16(28)10-12)20-19-21(25-24-20)23(29)26(7-8-30-3)22(19)14-5-6-15(27)17(11-14)31-4/h5-6,9-11,22,27-28H,7-8H2,1-4H3,(H,24,25). The Hall–Kier alpha value is -3.52. The minimum Gasteiger partial charge on any atom is -0.507 e. The van der Waals surface area contributed by atoms with E-state index in [-0.39, 0.29) is 17.4 Å². The highest BCUT2D eigenvalue weighted by Gasteiger charge is 2.42. The Labute approximate surface area is 180 Å². The molecular formula is C23H25N3O5. The number of nitrogens with one attached hydrogen (secondary N) is 1. The third kappa shape index (κ3) is 3.38. The quantitative estimate of drug-likeness (QED) is 0.561. The molecule has 2 aromatic carbocycles. The topological polar surface area (TPSA) is 108 Å². The number of hydrogen-bond donors (Lipinski definition) is 3. The molecule has 1 unspecified atom stereocenters. The number of amides is 1. The zero-order valence-corrected chi connectivity index (χ0v) is 17.9. The number of phenolic OH excluding ortho intramolecular Hbond substituents is 2. The molecule has 3 aromatic rings. The zero-order valence-electron chi connectivity index (χ0n) is 17.9. The molecule has 8 heteroatoms. The summed E-state index contributed by atoms with van der Waals surface area (Å²) in [4.78, 5) is 14.9. The lowest BCUT2D eigenvalue weighted by atomic mass is 9.93. The normalized spacial score (nSPS) is 15.4. The average Bonchev–Trinajstić information content (AvgIpc) is 3.25. The number of ether oxygens (including phenoxy) is 2. The number of aryl methyl sites for hydroxylation is 2. The van der Waals surface area contributed by atoms with Gasteiger partial charge in [-0.25, -0.2) is 0 Å². The largest absolute Gasteiger partial charge is 0.507 e. The summed E-state index contributed by atoms with van der Waals surface area (Å²) in [5.74, 6) is 0.229. The fraction of sp³-hybridized carbons (Fsp3) is 0.304. The summed E-state index contributed by atoms with van der Waals surface area (Å²) in [5, 5.41) is 28.0. The molecule has 4 rings (SSSR count). The number of carbonyl (C=O) groups is 1. The number of methoxy groups -OCH3 is 2. The second-order valence-electron chi connectivity index (χ2n) is 7.66. The molecule has 1 aromatic heterocycles. The van der Waals surface area contributed by atoms with Crippen molar-refractivity contribution in [1.29, 1.82) is 0 Å². The van der Waals surface area contributed by atoms with Crippen molar-refractivity contribution in [2.24, 2.45) is 0 Å². The smallest absolute Gasteiger partial charge is 0.273 e. The first-order valence-electron chi connectivity index (χ1n) is 9.93. The lowest BCUT2D eigenvalue weighted by molar-refractivity contribution is 0.0677. The molecule has 3 N–H and O–H groups in total. The molecule has 0 saturated carbocycles. The number of phenols is 2. The molecular weight excluding hydrogens is 398 g/mol. The molecule has 8 nitrogen and oxygen atoms in total. The maximum absolute atomic E-state index is 13.2. The van der Waals surface area contributed by atoms with Gasteiger partial charge in [0, 0.05) is 24.8 Å². The van der Waals surface area contributed by atoms with Crippen LogP contribution in [0.2, 0.25) is 0 Å². The minimum atomic E-state index is -0.485. The van der Waals surface area contributed by atoms with Gasteiger partial charge in [0.1, 0.15) is 17.1 Å². The fourth-order valence-corrected chi connectivity index (χ4v) is 4.27. The number of carbonyl (C=O) groups excluding carboxylic acids is 1. The van der Waals surface area contributed by atoms with Crippen LogP contribution in [0.3, 0.4) is 0 Å². The van der Waals surface area contributed by atoms with E-state index in [2.05, 4.69) is 10.2 Å². The summed E-state index contributed by atoms with van der Waals surface area (Å²) in [6, 6.07) is 8.17. The van der Waals surface area contributed by atoms with Gasteiger partial charge in [-0.15, -0.1) is 0 Å². The highest BCUT2D eigenvalue weighted by molar-refractivity contribution is 6.00. The van der Waals surface area contributed by atoms with E-state index in [1.165, 1.54) is 7.11 Å². The van der Waals surface area contributed by atoms with E-state index in [1.807, 2.05) is 19.9 Å². The van der Waals surface area contributed by atoms with Crippen molar-refractivity contribution in [3.05, 3.63) is 58.3 Å². The third-order valence-corrected chi connectivity index (χ3v) is 5.62. The van der Waals surface area contributed by atoms with Gasteiger partial charge in [-0.1, -0.05) is 12.1 Å². The first-order valence-corrected chi connectivity index (χ1v) is 9.93. The molecule has 1 aliphatic heterocycles. The van der Waals surface area contributed by atoms with Gasteiger partial charge < -0.3 is 24.6 Å². The molecule has 0 saturated heterocycles. The summed E-state index contributed by atoms with van der Waals surface area (Å²) in [6.07, 6.45) is 0. The van der Waals surface area contributed by atoms with Crippen LogP contribution in [0.1, 0.15) is 38.8 Å². The minimum absolute atomic E-state index is 0.0127. The first kappa shape index (κ1) is 20.7. The van der Waals surface area contributed by atoms with Crippen LogP contribution in [0.4, 0.5) is 0 Å². The number of hydrogen-bond acceptors (Lipinski definition) is 6. The number of benzene rings is 2. The van der Waals surface area contributed by atoms with Crippen molar-refractivity contribution in [2.75, 3.05) is 27.4 Å². The number of aromatic amines is 1. The summed E-state index contributed by atoms with van der Waals surface area (Å²) < 4.78 is 10.5. The Morgan fingerprint density at radius 1 is 1.13 bits per heavy atom. The van der Waals surface area contributed by atoms with Gasteiger partial charge in [-0.05, 0) is 48.7 Å². The molecule has 0 fully saturated rings. The molecule has 0 aliphatic carbocycles. The van der Waals surface area contributed by atoms with Crippen molar-refractivity contribution in [1.82, 2.24) is 15.1 Å². The van der Waals surface area contributed by atoms with Gasteiger partial charge in [0.2, 0.25) is 0 Å². The Kier molecular flexibility index (Phi) is 5.32. The second-order valence-corrected chi connectivity index (χ2v) is 7.66. The molecule has 2 heterocycles. The Bertz CT molecular complexity index is 1130. The first-order chi connectivity index (χ1) is 14.9. The van der Waals surface area contributed by atoms with E-state index in [0.29, 0.717) is 41.4 Å². The molecule has 1 aliphatic rings. The third-order valence-electron chi connectivity index (χ3n) is 5.62.